The Hall–Kier alpha value is -2.06. The molecule has 0 unspecified atom stereocenters. The molecule has 148 valence electrons. The van der Waals surface area contributed by atoms with E-state index < -0.39 is 17.3 Å². The lowest BCUT2D eigenvalue weighted by Gasteiger charge is -2.36. The summed E-state index contributed by atoms with van der Waals surface area (Å²) in [5.41, 5.74) is 0.0462. The van der Waals surface area contributed by atoms with Crippen LogP contribution in [0.2, 0.25) is 0 Å². The van der Waals surface area contributed by atoms with Gasteiger partial charge in [-0.1, -0.05) is 0 Å². The molecule has 0 saturated heterocycles. The number of aliphatic hydroxyl groups is 1. The zero-order valence-electron chi connectivity index (χ0n) is 16.1. The first-order valence-electron chi connectivity index (χ1n) is 9.05. The van der Waals surface area contributed by atoms with Crippen LogP contribution in [-0.4, -0.2) is 43.0 Å². The van der Waals surface area contributed by atoms with Gasteiger partial charge in [0.2, 0.25) is 0 Å². The predicted molar refractivity (Wildman–Crippen MR) is 104 cm³/mol. The van der Waals surface area contributed by atoms with Crippen LogP contribution in [0.25, 0.3) is 5.52 Å². The van der Waals surface area contributed by atoms with E-state index in [0.717, 1.165) is 12.8 Å². The number of rotatable bonds is 3. The lowest BCUT2D eigenvalue weighted by molar-refractivity contribution is 0.0184. The monoisotopic (exact) mass is 395 g/mol. The first kappa shape index (κ1) is 19.7. The lowest BCUT2D eigenvalue weighted by atomic mass is 9.83. The first-order chi connectivity index (χ1) is 12.6. The number of ether oxygens (including phenoxy) is 1. The molecule has 0 aromatic carbocycles. The molecule has 8 nitrogen and oxygen atoms in total. The van der Waals surface area contributed by atoms with Crippen LogP contribution in [0.1, 0.15) is 53.4 Å². The molecule has 0 bridgehead atoms. The second kappa shape index (κ2) is 7.16. The van der Waals surface area contributed by atoms with E-state index in [1.54, 1.807) is 35.9 Å². The Kier molecular flexibility index (Phi) is 5.22. The Labute approximate surface area is 163 Å². The second-order valence-electron chi connectivity index (χ2n) is 8.27. The standard InChI is InChI=1S/C18H26ClN5O3/c1-17(2,3)27-16(25)22-15-14-13(7-10-23(14)21-11-20-15)24(19)12-5-8-18(4,26)9-6-12/h7,10-12,26H,5-6,8-9H2,1-4H3,(H,20,21,22,25). The third kappa shape index (κ3) is 4.62. The fourth-order valence-corrected chi connectivity index (χ4v) is 3.58. The van der Waals surface area contributed by atoms with Gasteiger partial charge in [-0.3, -0.25) is 9.74 Å². The number of carbonyl (C=O) groups excluding carboxylic acids is 1. The van der Waals surface area contributed by atoms with Crippen LogP contribution < -0.4 is 9.74 Å². The number of fused-ring (bicyclic) bond motifs is 1. The minimum Gasteiger partial charge on any atom is -0.444 e. The Morgan fingerprint density at radius 3 is 2.74 bits per heavy atom. The molecule has 27 heavy (non-hydrogen) atoms. The maximum atomic E-state index is 12.2. The minimum atomic E-state index is -0.635. The highest BCUT2D eigenvalue weighted by Gasteiger charge is 2.32. The number of amides is 1. The first-order valence-corrected chi connectivity index (χ1v) is 9.39. The molecule has 2 N–H and O–H groups in total. The summed E-state index contributed by atoms with van der Waals surface area (Å²) >= 11 is 6.65. The molecular weight excluding hydrogens is 370 g/mol. The van der Waals surface area contributed by atoms with E-state index in [1.807, 2.05) is 13.0 Å². The Bertz CT molecular complexity index is 820. The zero-order valence-corrected chi connectivity index (χ0v) is 16.8. The molecule has 0 spiro atoms. The number of carbonyl (C=O) groups is 1. The summed E-state index contributed by atoms with van der Waals surface area (Å²) in [6.45, 7) is 7.24. The predicted octanol–water partition coefficient (Wildman–Crippen LogP) is 3.73. The molecule has 0 aliphatic heterocycles. The highest BCUT2D eigenvalue weighted by atomic mass is 35.5. The van der Waals surface area contributed by atoms with Crippen LogP contribution >= 0.6 is 11.8 Å². The number of nitrogens with zero attached hydrogens (tertiary/aromatic N) is 4. The molecule has 1 aliphatic carbocycles. The van der Waals surface area contributed by atoms with Crippen molar-refractivity contribution in [2.24, 2.45) is 0 Å². The summed E-state index contributed by atoms with van der Waals surface area (Å²) < 4.78 is 8.59. The van der Waals surface area contributed by atoms with Gasteiger partial charge in [0.25, 0.3) is 0 Å². The van der Waals surface area contributed by atoms with Gasteiger partial charge in [0.05, 0.1) is 11.3 Å². The molecule has 0 radical (unpaired) electrons. The van der Waals surface area contributed by atoms with Crippen LogP contribution in [0.3, 0.4) is 0 Å². The summed E-state index contributed by atoms with van der Waals surface area (Å²) in [4.78, 5) is 16.4. The van der Waals surface area contributed by atoms with Crippen molar-refractivity contribution in [3.05, 3.63) is 18.6 Å². The van der Waals surface area contributed by atoms with E-state index in [9.17, 15) is 9.90 Å². The van der Waals surface area contributed by atoms with Crippen molar-refractivity contribution in [3.8, 4) is 0 Å². The molecule has 2 aromatic rings. The molecule has 9 heteroatoms. The summed E-state index contributed by atoms with van der Waals surface area (Å²) in [5.74, 6) is 0.327. The van der Waals surface area contributed by atoms with Gasteiger partial charge < -0.3 is 9.84 Å². The average molecular weight is 396 g/mol. The van der Waals surface area contributed by atoms with E-state index in [-0.39, 0.29) is 6.04 Å². The molecule has 1 saturated carbocycles. The molecular formula is C18H26ClN5O3. The molecule has 0 atom stereocenters. The van der Waals surface area contributed by atoms with E-state index in [1.165, 1.54) is 6.33 Å². The molecule has 1 fully saturated rings. The van der Waals surface area contributed by atoms with Gasteiger partial charge in [0.1, 0.15) is 17.4 Å². The zero-order chi connectivity index (χ0) is 19.8. The largest absolute Gasteiger partial charge is 0.444 e. The highest BCUT2D eigenvalue weighted by molar-refractivity contribution is 6.27. The summed E-state index contributed by atoms with van der Waals surface area (Å²) in [5, 5.41) is 17.0. The number of hydrogen-bond acceptors (Lipinski definition) is 6. The van der Waals surface area contributed by atoms with Crippen molar-refractivity contribution in [2.75, 3.05) is 9.74 Å². The van der Waals surface area contributed by atoms with Crippen molar-refractivity contribution < 1.29 is 14.6 Å². The SMILES string of the molecule is CC1(O)CCC(N(Cl)c2ccn3ncnc(NC(=O)OC(C)(C)C)c23)CC1. The third-order valence-corrected chi connectivity index (χ3v) is 5.09. The molecule has 2 aromatic heterocycles. The van der Waals surface area contributed by atoms with Crippen LogP contribution in [-0.2, 0) is 4.74 Å². The van der Waals surface area contributed by atoms with Gasteiger partial charge in [-0.05, 0) is 59.4 Å². The number of halogens is 1. The summed E-state index contributed by atoms with van der Waals surface area (Å²) in [7, 11) is 0. The van der Waals surface area contributed by atoms with Gasteiger partial charge in [-0.2, -0.15) is 5.10 Å². The van der Waals surface area contributed by atoms with Gasteiger partial charge in [-0.25, -0.2) is 14.3 Å². The van der Waals surface area contributed by atoms with E-state index in [2.05, 4.69) is 15.4 Å². The fraction of sp³-hybridized carbons (Fsp3) is 0.611. The quantitative estimate of drug-likeness (QED) is 0.769. The fourth-order valence-electron chi connectivity index (χ4n) is 3.25. The van der Waals surface area contributed by atoms with Crippen molar-refractivity contribution in [1.29, 1.82) is 0 Å². The van der Waals surface area contributed by atoms with Gasteiger partial charge in [-0.15, -0.1) is 0 Å². The summed E-state index contributed by atoms with van der Waals surface area (Å²) in [6, 6.07) is 1.91. The van der Waals surface area contributed by atoms with Crippen molar-refractivity contribution in [1.82, 2.24) is 14.6 Å². The average Bonchev–Trinajstić information content (AvgIpc) is 2.97. The van der Waals surface area contributed by atoms with Gasteiger partial charge in [0, 0.05) is 24.0 Å². The van der Waals surface area contributed by atoms with Crippen LogP contribution in [0, 0.1) is 0 Å². The van der Waals surface area contributed by atoms with Gasteiger partial charge in [0.15, 0.2) is 5.82 Å². The topological polar surface area (TPSA) is 92.0 Å². The highest BCUT2D eigenvalue weighted by Crippen LogP contribution is 2.37. The number of aromatic nitrogens is 3. The Morgan fingerprint density at radius 2 is 2.11 bits per heavy atom. The maximum Gasteiger partial charge on any atom is 0.413 e. The number of anilines is 2. The third-order valence-electron chi connectivity index (χ3n) is 4.63. The lowest BCUT2D eigenvalue weighted by Crippen LogP contribution is -2.38. The maximum absolute atomic E-state index is 12.2. The van der Waals surface area contributed by atoms with E-state index in [4.69, 9.17) is 16.5 Å². The Balaban J connectivity index is 1.85. The second-order valence-corrected chi connectivity index (χ2v) is 8.63. The van der Waals surface area contributed by atoms with Crippen molar-refractivity contribution >= 4 is 34.9 Å². The molecule has 1 aliphatic rings. The molecule has 3 rings (SSSR count). The summed E-state index contributed by atoms with van der Waals surface area (Å²) in [6.07, 6.45) is 5.46. The number of hydrogen-bond donors (Lipinski definition) is 2. The minimum absolute atomic E-state index is 0.0766. The van der Waals surface area contributed by atoms with Gasteiger partial charge >= 0.3 is 6.09 Å². The molecule has 2 heterocycles. The van der Waals surface area contributed by atoms with Crippen molar-refractivity contribution in [2.45, 2.75) is 70.6 Å². The van der Waals surface area contributed by atoms with E-state index >= 15 is 0 Å². The van der Waals surface area contributed by atoms with Crippen LogP contribution in [0.4, 0.5) is 16.3 Å². The van der Waals surface area contributed by atoms with Crippen LogP contribution in [0.15, 0.2) is 18.6 Å². The van der Waals surface area contributed by atoms with Crippen LogP contribution in [0.5, 0.6) is 0 Å². The number of nitrogens with one attached hydrogen (secondary N) is 1. The normalized spacial score (nSPS) is 23.3. The van der Waals surface area contributed by atoms with Crippen molar-refractivity contribution in [3.63, 3.8) is 0 Å². The van der Waals surface area contributed by atoms with E-state index in [0.29, 0.717) is 29.9 Å². The smallest absolute Gasteiger partial charge is 0.413 e. The molecule has 1 amide bonds. The Morgan fingerprint density at radius 1 is 1.44 bits per heavy atom.